The van der Waals surface area contributed by atoms with Gasteiger partial charge in [-0.15, -0.1) is 0 Å². The maximum Gasteiger partial charge on any atom is 0.176 e. The summed E-state index contributed by atoms with van der Waals surface area (Å²) in [5.74, 6) is -0.616. The fourth-order valence-corrected chi connectivity index (χ4v) is 2.18. The zero-order valence-electron chi connectivity index (χ0n) is 11.0. The molecule has 0 amide bonds. The number of phenols is 2. The van der Waals surface area contributed by atoms with Gasteiger partial charge in [0.15, 0.2) is 17.3 Å². The van der Waals surface area contributed by atoms with Crippen LogP contribution in [0.1, 0.15) is 30.1 Å². The molecule has 1 fully saturated rings. The molecule has 5 nitrogen and oxygen atoms in total. The Hall–Kier alpha value is -1.59. The van der Waals surface area contributed by atoms with Crippen LogP contribution in [0.15, 0.2) is 18.2 Å². The van der Waals surface area contributed by atoms with Gasteiger partial charge in [-0.1, -0.05) is 0 Å². The molecule has 0 unspecified atom stereocenters. The Bertz CT molecular complexity index is 474. The fourth-order valence-electron chi connectivity index (χ4n) is 2.18. The standard InChI is InChI=1S/C14H19NO4/c1-14(19)4-6-15(7-5-14)9-13(18)10-2-3-11(16)12(17)8-10/h2-3,8,16-17,19H,4-7,9H2,1H3. The summed E-state index contributed by atoms with van der Waals surface area (Å²) in [6.45, 7) is 3.44. The van der Waals surface area contributed by atoms with Crippen LogP contribution in [0.2, 0.25) is 0 Å². The summed E-state index contributed by atoms with van der Waals surface area (Å²) in [5, 5.41) is 28.4. The van der Waals surface area contributed by atoms with Crippen molar-refractivity contribution in [2.45, 2.75) is 25.4 Å². The number of phenolic OH excluding ortho intramolecular Hbond substituents is 2. The molecule has 0 aromatic heterocycles. The van der Waals surface area contributed by atoms with E-state index in [1.54, 1.807) is 0 Å². The van der Waals surface area contributed by atoms with Crippen molar-refractivity contribution in [3.8, 4) is 11.5 Å². The summed E-state index contributed by atoms with van der Waals surface area (Å²) in [7, 11) is 0. The molecule has 0 radical (unpaired) electrons. The van der Waals surface area contributed by atoms with Crippen molar-refractivity contribution in [2.75, 3.05) is 19.6 Å². The highest BCUT2D eigenvalue weighted by molar-refractivity contribution is 5.98. The highest BCUT2D eigenvalue weighted by Gasteiger charge is 2.28. The molecular weight excluding hydrogens is 246 g/mol. The third-order valence-corrected chi connectivity index (χ3v) is 3.60. The molecule has 104 valence electrons. The first kappa shape index (κ1) is 13.8. The van der Waals surface area contributed by atoms with Crippen molar-refractivity contribution in [3.63, 3.8) is 0 Å². The molecule has 3 N–H and O–H groups in total. The van der Waals surface area contributed by atoms with Crippen molar-refractivity contribution in [2.24, 2.45) is 0 Å². The molecule has 0 saturated carbocycles. The number of aliphatic hydroxyl groups is 1. The van der Waals surface area contributed by atoms with Crippen LogP contribution in [-0.4, -0.2) is 51.2 Å². The number of Topliss-reactive ketones (excluding diaryl/α,β-unsaturated/α-hetero) is 1. The quantitative estimate of drug-likeness (QED) is 0.564. The number of carbonyl (C=O) groups excluding carboxylic acids is 1. The first-order valence-corrected chi connectivity index (χ1v) is 6.37. The van der Waals surface area contributed by atoms with E-state index < -0.39 is 5.60 Å². The second kappa shape index (κ2) is 5.19. The number of carbonyl (C=O) groups is 1. The summed E-state index contributed by atoms with van der Waals surface area (Å²) in [6, 6.07) is 4.08. The van der Waals surface area contributed by atoms with Gasteiger partial charge >= 0.3 is 0 Å². The minimum atomic E-state index is -0.629. The van der Waals surface area contributed by atoms with Crippen molar-refractivity contribution in [1.82, 2.24) is 4.90 Å². The van der Waals surface area contributed by atoms with E-state index in [0.29, 0.717) is 31.5 Å². The second-order valence-electron chi connectivity index (χ2n) is 5.40. The topological polar surface area (TPSA) is 81.0 Å². The summed E-state index contributed by atoms with van der Waals surface area (Å²) >= 11 is 0. The van der Waals surface area contributed by atoms with Gasteiger partial charge in [0.05, 0.1) is 12.1 Å². The van der Waals surface area contributed by atoms with Gasteiger partial charge in [-0.3, -0.25) is 9.69 Å². The first-order chi connectivity index (χ1) is 8.87. The van der Waals surface area contributed by atoms with E-state index in [9.17, 15) is 20.1 Å². The lowest BCUT2D eigenvalue weighted by molar-refractivity contribution is -0.00420. The van der Waals surface area contributed by atoms with Crippen LogP contribution in [0.3, 0.4) is 0 Å². The molecule has 1 aromatic carbocycles. The number of hydrogen-bond acceptors (Lipinski definition) is 5. The zero-order chi connectivity index (χ0) is 14.0. The molecule has 1 aliphatic rings. The van der Waals surface area contributed by atoms with Gasteiger partial charge < -0.3 is 15.3 Å². The van der Waals surface area contributed by atoms with Gasteiger partial charge in [-0.2, -0.15) is 0 Å². The molecule has 1 saturated heterocycles. The molecule has 19 heavy (non-hydrogen) atoms. The van der Waals surface area contributed by atoms with Crippen LogP contribution in [0, 0.1) is 0 Å². The molecule has 1 heterocycles. The number of ketones is 1. The van der Waals surface area contributed by atoms with Gasteiger partial charge in [0.1, 0.15) is 0 Å². The summed E-state index contributed by atoms with van der Waals surface area (Å²) in [4.78, 5) is 14.0. The van der Waals surface area contributed by atoms with Crippen LogP contribution in [-0.2, 0) is 0 Å². The Labute approximate surface area is 112 Å². The summed E-state index contributed by atoms with van der Waals surface area (Å²) in [6.07, 6.45) is 1.31. The Morgan fingerprint density at radius 3 is 2.47 bits per heavy atom. The second-order valence-corrected chi connectivity index (χ2v) is 5.40. The molecule has 5 heteroatoms. The monoisotopic (exact) mass is 265 g/mol. The van der Waals surface area contributed by atoms with Gasteiger partial charge in [-0.05, 0) is 38.0 Å². The molecule has 0 spiro atoms. The number of hydrogen-bond donors (Lipinski definition) is 3. The Morgan fingerprint density at radius 1 is 1.26 bits per heavy atom. The number of rotatable bonds is 3. The molecule has 0 bridgehead atoms. The van der Waals surface area contributed by atoms with E-state index in [1.807, 2.05) is 11.8 Å². The van der Waals surface area contributed by atoms with Crippen LogP contribution in [0.4, 0.5) is 0 Å². The highest BCUT2D eigenvalue weighted by Crippen LogP contribution is 2.26. The van der Waals surface area contributed by atoms with Crippen molar-refractivity contribution in [1.29, 1.82) is 0 Å². The van der Waals surface area contributed by atoms with Crippen LogP contribution >= 0.6 is 0 Å². The lowest BCUT2D eigenvalue weighted by Gasteiger charge is -2.35. The molecule has 0 aliphatic carbocycles. The molecule has 2 rings (SSSR count). The Kier molecular flexibility index (Phi) is 3.78. The number of aromatic hydroxyl groups is 2. The van der Waals surface area contributed by atoms with E-state index in [2.05, 4.69) is 0 Å². The molecule has 1 aliphatic heterocycles. The van der Waals surface area contributed by atoms with E-state index >= 15 is 0 Å². The van der Waals surface area contributed by atoms with Gasteiger partial charge in [0.25, 0.3) is 0 Å². The third kappa shape index (κ3) is 3.45. The number of benzene rings is 1. The lowest BCUT2D eigenvalue weighted by atomic mass is 9.93. The van der Waals surface area contributed by atoms with E-state index in [0.717, 1.165) is 0 Å². The summed E-state index contributed by atoms with van der Waals surface area (Å²) in [5.41, 5.74) is -0.247. The van der Waals surface area contributed by atoms with Crippen LogP contribution in [0.25, 0.3) is 0 Å². The molecule has 0 atom stereocenters. The predicted molar refractivity (Wildman–Crippen MR) is 70.4 cm³/mol. The Balaban J connectivity index is 1.96. The van der Waals surface area contributed by atoms with E-state index in [1.165, 1.54) is 18.2 Å². The summed E-state index contributed by atoms with van der Waals surface area (Å²) < 4.78 is 0. The normalized spacial score (nSPS) is 19.3. The maximum absolute atomic E-state index is 12.0. The smallest absolute Gasteiger partial charge is 0.176 e. The molecule has 1 aromatic rings. The third-order valence-electron chi connectivity index (χ3n) is 3.60. The maximum atomic E-state index is 12.0. The SMILES string of the molecule is CC1(O)CCN(CC(=O)c2ccc(O)c(O)c2)CC1. The van der Waals surface area contributed by atoms with Crippen LogP contribution in [0.5, 0.6) is 11.5 Å². The van der Waals surface area contributed by atoms with Crippen molar-refractivity contribution >= 4 is 5.78 Å². The Morgan fingerprint density at radius 2 is 1.89 bits per heavy atom. The van der Waals surface area contributed by atoms with Crippen molar-refractivity contribution in [3.05, 3.63) is 23.8 Å². The number of likely N-dealkylation sites (tertiary alicyclic amines) is 1. The van der Waals surface area contributed by atoms with Gasteiger partial charge in [-0.25, -0.2) is 0 Å². The van der Waals surface area contributed by atoms with E-state index in [4.69, 9.17) is 0 Å². The predicted octanol–water partition coefficient (Wildman–Crippen LogP) is 1.13. The fraction of sp³-hybridized carbons (Fsp3) is 0.500. The number of nitrogens with zero attached hydrogens (tertiary/aromatic N) is 1. The minimum Gasteiger partial charge on any atom is -0.504 e. The minimum absolute atomic E-state index is 0.100. The molecular formula is C14H19NO4. The van der Waals surface area contributed by atoms with Crippen LogP contribution < -0.4 is 0 Å². The highest BCUT2D eigenvalue weighted by atomic mass is 16.3. The van der Waals surface area contributed by atoms with Gasteiger partial charge in [0, 0.05) is 18.7 Å². The van der Waals surface area contributed by atoms with Crippen molar-refractivity contribution < 1.29 is 20.1 Å². The van der Waals surface area contributed by atoms with Gasteiger partial charge in [0.2, 0.25) is 0 Å². The zero-order valence-corrected chi connectivity index (χ0v) is 11.0. The average Bonchev–Trinajstić information content (AvgIpc) is 2.35. The first-order valence-electron chi connectivity index (χ1n) is 6.37. The van der Waals surface area contributed by atoms with E-state index in [-0.39, 0.29) is 23.8 Å². The average molecular weight is 265 g/mol. The number of piperidine rings is 1. The lowest BCUT2D eigenvalue weighted by Crippen LogP contribution is -2.44. The largest absolute Gasteiger partial charge is 0.504 e.